The number of para-hydroxylation sites is 2. The molecule has 1 aromatic heterocycles. The fourth-order valence-corrected chi connectivity index (χ4v) is 7.36. The minimum atomic E-state index is 0.0393. The van der Waals surface area contributed by atoms with Gasteiger partial charge in [0.1, 0.15) is 0 Å². The van der Waals surface area contributed by atoms with E-state index in [1.807, 2.05) is 0 Å². The molecule has 0 spiro atoms. The maximum atomic E-state index is 2.45. The normalized spacial score (nSPS) is 12.1. The average Bonchev–Trinajstić information content (AvgIpc) is 3.37. The van der Waals surface area contributed by atoms with Crippen LogP contribution in [0.2, 0.25) is 0 Å². The van der Waals surface area contributed by atoms with Crippen molar-refractivity contribution in [1.82, 2.24) is 4.57 Å². The molecule has 0 aliphatic rings. The first kappa shape index (κ1) is 27.4. The number of nitrogens with zero attached hydrogens (tertiary/aromatic N) is 1. The molecule has 0 unspecified atom stereocenters. The van der Waals surface area contributed by atoms with Gasteiger partial charge in [-0.15, -0.1) is 0 Å². The second kappa shape index (κ2) is 10.2. The molecular formula is C44H37N. The molecule has 0 N–H and O–H groups in total. The molecule has 1 heterocycles. The first-order valence-corrected chi connectivity index (χ1v) is 15.9. The minimum absolute atomic E-state index is 0.0393. The van der Waals surface area contributed by atoms with Gasteiger partial charge in [0, 0.05) is 16.5 Å². The van der Waals surface area contributed by atoms with E-state index in [9.17, 15) is 0 Å². The van der Waals surface area contributed by atoms with Crippen LogP contribution in [0.15, 0.2) is 133 Å². The summed E-state index contributed by atoms with van der Waals surface area (Å²) >= 11 is 0. The summed E-state index contributed by atoms with van der Waals surface area (Å²) in [5.41, 5.74) is 12.7. The lowest BCUT2D eigenvalue weighted by Crippen LogP contribution is -2.10. The fraction of sp³-hybridized carbons (Fsp3) is 0.136. The molecule has 8 aromatic rings. The number of fused-ring (bicyclic) bond motifs is 5. The van der Waals surface area contributed by atoms with Crippen LogP contribution < -0.4 is 0 Å². The minimum Gasteiger partial charge on any atom is -0.309 e. The monoisotopic (exact) mass is 579 g/mol. The average molecular weight is 580 g/mol. The summed E-state index contributed by atoms with van der Waals surface area (Å²) in [5.74, 6) is 0. The number of hydrogen-bond donors (Lipinski definition) is 0. The van der Waals surface area contributed by atoms with Crippen molar-refractivity contribution in [2.45, 2.75) is 40.0 Å². The Morgan fingerprint density at radius 1 is 0.422 bits per heavy atom. The Morgan fingerprint density at radius 3 is 1.47 bits per heavy atom. The summed E-state index contributed by atoms with van der Waals surface area (Å²) in [4.78, 5) is 0. The number of hydrogen-bond acceptors (Lipinski definition) is 0. The third kappa shape index (κ3) is 4.46. The highest BCUT2D eigenvalue weighted by Crippen LogP contribution is 2.45. The Hall–Kier alpha value is -5.14. The van der Waals surface area contributed by atoms with Crippen molar-refractivity contribution >= 4 is 43.4 Å². The van der Waals surface area contributed by atoms with Crippen molar-refractivity contribution in [2.24, 2.45) is 0 Å². The van der Waals surface area contributed by atoms with Gasteiger partial charge in [0.15, 0.2) is 0 Å². The Bertz CT molecular complexity index is 2340. The fourth-order valence-electron chi connectivity index (χ4n) is 7.36. The second-order valence-electron chi connectivity index (χ2n) is 13.6. The van der Waals surface area contributed by atoms with Crippen LogP contribution in [0.4, 0.5) is 0 Å². The highest BCUT2D eigenvalue weighted by molar-refractivity contribution is 6.21. The number of benzene rings is 7. The van der Waals surface area contributed by atoms with E-state index in [1.165, 1.54) is 88.0 Å². The molecule has 0 radical (unpaired) electrons. The predicted octanol–water partition coefficient (Wildman–Crippen LogP) is 12.3. The molecule has 0 saturated heterocycles. The summed E-state index contributed by atoms with van der Waals surface area (Å²) in [6.45, 7) is 11.3. The molecule has 0 bridgehead atoms. The van der Waals surface area contributed by atoms with Crippen LogP contribution in [0.25, 0.3) is 71.3 Å². The van der Waals surface area contributed by atoms with Gasteiger partial charge >= 0.3 is 0 Å². The molecule has 0 aliphatic carbocycles. The lowest BCUT2D eigenvalue weighted by atomic mass is 9.81. The van der Waals surface area contributed by atoms with E-state index >= 15 is 0 Å². The van der Waals surface area contributed by atoms with E-state index in [0.717, 1.165) is 0 Å². The van der Waals surface area contributed by atoms with Crippen LogP contribution in [0.5, 0.6) is 0 Å². The molecule has 0 aliphatic heterocycles. The van der Waals surface area contributed by atoms with E-state index in [2.05, 4.69) is 173 Å². The van der Waals surface area contributed by atoms with Crippen LogP contribution in [0.1, 0.15) is 37.5 Å². The van der Waals surface area contributed by atoms with Gasteiger partial charge in [0.05, 0.1) is 11.0 Å². The van der Waals surface area contributed by atoms with Crippen molar-refractivity contribution in [3.8, 4) is 27.9 Å². The smallest absolute Gasteiger partial charge is 0.0541 e. The molecular weight excluding hydrogens is 542 g/mol. The lowest BCUT2D eigenvalue weighted by Gasteiger charge is -2.23. The molecule has 8 rings (SSSR count). The van der Waals surface area contributed by atoms with Gasteiger partial charge in [-0.05, 0) is 99.0 Å². The van der Waals surface area contributed by atoms with Gasteiger partial charge in [-0.25, -0.2) is 0 Å². The maximum absolute atomic E-state index is 2.45. The van der Waals surface area contributed by atoms with Gasteiger partial charge in [0.2, 0.25) is 0 Å². The Labute approximate surface area is 265 Å². The highest BCUT2D eigenvalue weighted by Gasteiger charge is 2.21. The van der Waals surface area contributed by atoms with E-state index in [1.54, 1.807) is 0 Å². The topological polar surface area (TPSA) is 4.93 Å². The van der Waals surface area contributed by atoms with Crippen molar-refractivity contribution in [1.29, 1.82) is 0 Å². The van der Waals surface area contributed by atoms with Crippen molar-refractivity contribution in [2.75, 3.05) is 0 Å². The molecule has 0 fully saturated rings. The maximum Gasteiger partial charge on any atom is 0.0541 e. The summed E-state index contributed by atoms with van der Waals surface area (Å²) in [5, 5.41) is 7.75. The van der Waals surface area contributed by atoms with Gasteiger partial charge < -0.3 is 4.57 Å². The van der Waals surface area contributed by atoms with E-state index < -0.39 is 0 Å². The summed E-state index contributed by atoms with van der Waals surface area (Å²) in [7, 11) is 0. The Morgan fingerprint density at radius 2 is 0.911 bits per heavy atom. The van der Waals surface area contributed by atoms with Gasteiger partial charge in [-0.3, -0.25) is 0 Å². The molecule has 0 saturated carbocycles. The zero-order valence-corrected chi connectivity index (χ0v) is 26.6. The van der Waals surface area contributed by atoms with Gasteiger partial charge in [-0.2, -0.15) is 0 Å². The molecule has 218 valence electrons. The lowest BCUT2D eigenvalue weighted by molar-refractivity contribution is 0.591. The third-order valence-electron chi connectivity index (χ3n) is 9.39. The number of aryl methyl sites for hydroxylation is 2. The number of aromatic nitrogens is 1. The molecule has 0 atom stereocenters. The molecule has 45 heavy (non-hydrogen) atoms. The molecule has 0 amide bonds. The summed E-state index contributed by atoms with van der Waals surface area (Å²) in [6, 6.07) is 49.7. The van der Waals surface area contributed by atoms with E-state index in [-0.39, 0.29) is 5.41 Å². The highest BCUT2D eigenvalue weighted by atomic mass is 15.0. The van der Waals surface area contributed by atoms with E-state index in [0.29, 0.717) is 0 Å². The zero-order chi connectivity index (χ0) is 30.9. The zero-order valence-electron chi connectivity index (χ0n) is 26.6. The van der Waals surface area contributed by atoms with Crippen molar-refractivity contribution in [3.63, 3.8) is 0 Å². The van der Waals surface area contributed by atoms with Crippen LogP contribution in [0.3, 0.4) is 0 Å². The first-order chi connectivity index (χ1) is 21.8. The summed E-state index contributed by atoms with van der Waals surface area (Å²) in [6.07, 6.45) is 0. The van der Waals surface area contributed by atoms with Crippen LogP contribution >= 0.6 is 0 Å². The molecule has 1 heteroatoms. The predicted molar refractivity (Wildman–Crippen MR) is 195 cm³/mol. The third-order valence-corrected chi connectivity index (χ3v) is 9.39. The van der Waals surface area contributed by atoms with Crippen molar-refractivity contribution < 1.29 is 0 Å². The number of rotatable bonds is 3. The second-order valence-corrected chi connectivity index (χ2v) is 13.6. The SMILES string of the molecule is Cc1cc(C)cc(-c2c3ccccc3c(-c3ccc(-n4c5ccccc5c5ccccc54)cc3)c3cc(C(C)(C)C)ccc23)c1. The van der Waals surface area contributed by atoms with Crippen molar-refractivity contribution in [3.05, 3.63) is 150 Å². The van der Waals surface area contributed by atoms with Crippen LogP contribution in [-0.2, 0) is 5.41 Å². The van der Waals surface area contributed by atoms with Gasteiger partial charge in [0.25, 0.3) is 0 Å². The summed E-state index contributed by atoms with van der Waals surface area (Å²) < 4.78 is 2.39. The van der Waals surface area contributed by atoms with Crippen LogP contribution in [0, 0.1) is 13.8 Å². The largest absolute Gasteiger partial charge is 0.309 e. The molecule has 1 nitrogen and oxygen atoms in total. The Balaban J connectivity index is 1.42. The quantitative estimate of drug-likeness (QED) is 0.183. The van der Waals surface area contributed by atoms with Crippen LogP contribution in [-0.4, -0.2) is 4.57 Å². The Kier molecular flexibility index (Phi) is 6.22. The first-order valence-electron chi connectivity index (χ1n) is 15.9. The van der Waals surface area contributed by atoms with E-state index in [4.69, 9.17) is 0 Å². The standard InChI is InChI=1S/C44H37N/c1-28-24-29(2)26-31(25-28)43-37-15-7-6-14-36(37)42(39-27-32(44(3,4)5)20-23-38(39)43)30-18-21-33(22-19-30)45-40-16-10-8-12-34(40)35-13-9-11-17-41(35)45/h6-27H,1-5H3. The molecule has 7 aromatic carbocycles. The van der Waals surface area contributed by atoms with Gasteiger partial charge in [-0.1, -0.05) is 135 Å².